The Morgan fingerprint density at radius 3 is 2.93 bits per heavy atom. The van der Waals surface area contributed by atoms with Gasteiger partial charge in [-0.3, -0.25) is 4.79 Å². The molecule has 0 radical (unpaired) electrons. The van der Waals surface area contributed by atoms with Crippen LogP contribution >= 0.6 is 24.2 Å². The van der Waals surface area contributed by atoms with Crippen molar-refractivity contribution < 1.29 is 4.79 Å². The van der Waals surface area contributed by atoms with Crippen LogP contribution < -0.4 is 5.32 Å². The van der Waals surface area contributed by atoms with Crippen LogP contribution in [-0.4, -0.2) is 48.5 Å². The number of carbonyl (C=O) groups is 1. The lowest BCUT2D eigenvalue weighted by Crippen LogP contribution is -2.52. The van der Waals surface area contributed by atoms with Crippen LogP contribution in [0.3, 0.4) is 0 Å². The minimum absolute atomic E-state index is 0. The molecule has 5 heteroatoms. The molecule has 1 aliphatic heterocycles. The van der Waals surface area contributed by atoms with Gasteiger partial charge in [0.25, 0.3) is 0 Å². The zero-order chi connectivity index (χ0) is 9.68. The summed E-state index contributed by atoms with van der Waals surface area (Å²) in [5.41, 5.74) is 0. The third-order valence-electron chi connectivity index (χ3n) is 2.34. The average Bonchev–Trinajstić information content (AvgIpc) is 2.15. The van der Waals surface area contributed by atoms with Gasteiger partial charge < -0.3 is 10.2 Å². The molecular weight excluding hydrogens is 220 g/mol. The third-order valence-corrected chi connectivity index (χ3v) is 2.95. The number of hydrogen-bond acceptors (Lipinski definition) is 3. The molecule has 1 saturated heterocycles. The zero-order valence-electron chi connectivity index (χ0n) is 8.78. The molecule has 1 fully saturated rings. The fraction of sp³-hybridized carbons (Fsp3) is 0.889. The lowest BCUT2D eigenvalue weighted by molar-refractivity contribution is -0.133. The number of halogens is 1. The van der Waals surface area contributed by atoms with E-state index in [1.807, 2.05) is 11.2 Å². The normalized spacial score (nSPS) is 21.6. The van der Waals surface area contributed by atoms with Gasteiger partial charge in [-0.1, -0.05) is 0 Å². The van der Waals surface area contributed by atoms with Crippen molar-refractivity contribution in [3.05, 3.63) is 0 Å². The second-order valence-corrected chi connectivity index (χ2v) is 4.37. The molecule has 0 spiro atoms. The lowest BCUT2D eigenvalue weighted by Gasteiger charge is -2.34. The largest absolute Gasteiger partial charge is 0.337 e. The molecule has 1 aliphatic rings. The molecule has 3 nitrogen and oxygen atoms in total. The van der Waals surface area contributed by atoms with Crippen LogP contribution in [0.5, 0.6) is 0 Å². The van der Waals surface area contributed by atoms with Crippen molar-refractivity contribution in [3.8, 4) is 0 Å². The number of thioether (sulfide) groups is 1. The highest BCUT2D eigenvalue weighted by atomic mass is 35.5. The zero-order valence-corrected chi connectivity index (χ0v) is 10.4. The van der Waals surface area contributed by atoms with Gasteiger partial charge in [-0.25, -0.2) is 0 Å². The van der Waals surface area contributed by atoms with E-state index in [2.05, 4.69) is 12.2 Å². The summed E-state index contributed by atoms with van der Waals surface area (Å²) in [4.78, 5) is 13.6. The van der Waals surface area contributed by atoms with Crippen LogP contribution in [0.4, 0.5) is 0 Å². The number of nitrogens with zero attached hydrogens (tertiary/aromatic N) is 1. The van der Waals surface area contributed by atoms with E-state index in [9.17, 15) is 4.79 Å². The highest BCUT2D eigenvalue weighted by Gasteiger charge is 2.21. The molecule has 0 aromatic carbocycles. The van der Waals surface area contributed by atoms with Crippen molar-refractivity contribution in [1.29, 1.82) is 0 Å². The van der Waals surface area contributed by atoms with Crippen LogP contribution in [-0.2, 0) is 4.79 Å². The smallest absolute Gasteiger partial charge is 0.223 e. The van der Waals surface area contributed by atoms with E-state index in [-0.39, 0.29) is 12.4 Å². The fourth-order valence-electron chi connectivity index (χ4n) is 1.54. The fourth-order valence-corrected chi connectivity index (χ4v) is 1.92. The molecular formula is C9H19ClN2OS. The Morgan fingerprint density at radius 1 is 1.64 bits per heavy atom. The third kappa shape index (κ3) is 4.07. The summed E-state index contributed by atoms with van der Waals surface area (Å²) in [5, 5.41) is 3.28. The number of hydrogen-bond donors (Lipinski definition) is 1. The molecule has 0 saturated carbocycles. The maximum Gasteiger partial charge on any atom is 0.223 e. The number of piperazine rings is 1. The van der Waals surface area contributed by atoms with Gasteiger partial charge in [-0.2, -0.15) is 11.8 Å². The number of carbonyl (C=O) groups excluding carboxylic acids is 1. The van der Waals surface area contributed by atoms with E-state index in [4.69, 9.17) is 0 Å². The SMILES string of the molecule is CSCCC(=O)N1CCNCC1C.Cl. The van der Waals surface area contributed by atoms with Gasteiger partial charge in [-0.15, -0.1) is 12.4 Å². The van der Waals surface area contributed by atoms with Crippen molar-refractivity contribution >= 4 is 30.1 Å². The van der Waals surface area contributed by atoms with Gasteiger partial charge in [0, 0.05) is 37.8 Å². The first-order chi connectivity index (χ1) is 6.25. The predicted molar refractivity (Wildman–Crippen MR) is 64.3 cm³/mol. The van der Waals surface area contributed by atoms with E-state index in [0.29, 0.717) is 18.4 Å². The maximum absolute atomic E-state index is 11.7. The number of amides is 1. The summed E-state index contributed by atoms with van der Waals surface area (Å²) < 4.78 is 0. The van der Waals surface area contributed by atoms with Gasteiger partial charge >= 0.3 is 0 Å². The van der Waals surface area contributed by atoms with E-state index in [1.165, 1.54) is 0 Å². The Hall–Kier alpha value is 0.0700. The van der Waals surface area contributed by atoms with Crippen LogP contribution in [0, 0.1) is 0 Å². The predicted octanol–water partition coefficient (Wildman–Crippen LogP) is 0.982. The van der Waals surface area contributed by atoms with E-state index >= 15 is 0 Å². The van der Waals surface area contributed by atoms with E-state index in [1.54, 1.807) is 11.8 Å². The number of rotatable bonds is 3. The molecule has 84 valence electrons. The minimum atomic E-state index is 0. The quantitative estimate of drug-likeness (QED) is 0.796. The Balaban J connectivity index is 0.00000169. The molecule has 0 aromatic heterocycles. The van der Waals surface area contributed by atoms with Crippen molar-refractivity contribution in [2.24, 2.45) is 0 Å². The van der Waals surface area contributed by atoms with Crippen LogP contribution in [0.15, 0.2) is 0 Å². The molecule has 0 bridgehead atoms. The van der Waals surface area contributed by atoms with Crippen molar-refractivity contribution in [3.63, 3.8) is 0 Å². The topological polar surface area (TPSA) is 32.3 Å². The first kappa shape index (κ1) is 14.1. The van der Waals surface area contributed by atoms with Crippen molar-refractivity contribution in [1.82, 2.24) is 10.2 Å². The Bertz CT molecular complexity index is 180. The van der Waals surface area contributed by atoms with Gasteiger partial charge in [0.2, 0.25) is 5.91 Å². The maximum atomic E-state index is 11.7. The molecule has 14 heavy (non-hydrogen) atoms. The van der Waals surface area contributed by atoms with Gasteiger partial charge in [0.1, 0.15) is 0 Å². The highest BCUT2D eigenvalue weighted by molar-refractivity contribution is 7.98. The molecule has 1 heterocycles. The van der Waals surface area contributed by atoms with E-state index in [0.717, 1.165) is 25.4 Å². The molecule has 1 N–H and O–H groups in total. The summed E-state index contributed by atoms with van der Waals surface area (Å²) >= 11 is 1.73. The Labute approximate surface area is 96.4 Å². The summed E-state index contributed by atoms with van der Waals surface area (Å²) in [5.74, 6) is 1.25. The van der Waals surface area contributed by atoms with Crippen LogP contribution in [0.25, 0.3) is 0 Å². The number of nitrogens with one attached hydrogen (secondary N) is 1. The molecule has 1 unspecified atom stereocenters. The van der Waals surface area contributed by atoms with Gasteiger partial charge in [-0.05, 0) is 13.2 Å². The second-order valence-electron chi connectivity index (χ2n) is 3.38. The molecule has 1 amide bonds. The second kappa shape index (κ2) is 7.37. The summed E-state index contributed by atoms with van der Waals surface area (Å²) in [6.45, 7) is 4.85. The molecule has 1 rings (SSSR count). The van der Waals surface area contributed by atoms with Crippen LogP contribution in [0.2, 0.25) is 0 Å². The first-order valence-corrected chi connectivity index (χ1v) is 6.14. The summed E-state index contributed by atoms with van der Waals surface area (Å²) in [7, 11) is 0. The molecule has 0 aromatic rings. The Morgan fingerprint density at radius 2 is 2.36 bits per heavy atom. The van der Waals surface area contributed by atoms with Crippen molar-refractivity contribution in [2.75, 3.05) is 31.6 Å². The monoisotopic (exact) mass is 238 g/mol. The highest BCUT2D eigenvalue weighted by Crippen LogP contribution is 2.06. The average molecular weight is 239 g/mol. The van der Waals surface area contributed by atoms with Crippen LogP contribution in [0.1, 0.15) is 13.3 Å². The van der Waals surface area contributed by atoms with Gasteiger partial charge in [0.05, 0.1) is 0 Å². The summed E-state index contributed by atoms with van der Waals surface area (Å²) in [6.07, 6.45) is 2.72. The van der Waals surface area contributed by atoms with Crippen molar-refractivity contribution in [2.45, 2.75) is 19.4 Å². The van der Waals surface area contributed by atoms with Gasteiger partial charge in [0.15, 0.2) is 0 Å². The molecule has 0 aliphatic carbocycles. The van der Waals surface area contributed by atoms with E-state index < -0.39 is 0 Å². The minimum Gasteiger partial charge on any atom is -0.337 e. The molecule has 1 atom stereocenters. The Kier molecular flexibility index (Phi) is 7.41. The summed E-state index contributed by atoms with van der Waals surface area (Å²) in [6, 6.07) is 0.364. The lowest BCUT2D eigenvalue weighted by atomic mass is 10.2. The standard InChI is InChI=1S/C9H18N2OS.ClH/c1-8-7-10-4-5-11(8)9(12)3-6-13-2;/h8,10H,3-7H2,1-2H3;1H. The first-order valence-electron chi connectivity index (χ1n) is 4.75.